The Morgan fingerprint density at radius 3 is 1.36 bits per heavy atom. The Morgan fingerprint density at radius 1 is 0.697 bits per heavy atom. The van der Waals surface area contributed by atoms with E-state index in [9.17, 15) is 0 Å². The molecule has 0 N–H and O–H groups in total. The maximum atomic E-state index is 6.37. The lowest BCUT2D eigenvalue weighted by Crippen LogP contribution is -2.14. The lowest BCUT2D eigenvalue weighted by Gasteiger charge is -2.27. The van der Waals surface area contributed by atoms with Crippen LogP contribution < -0.4 is 18.9 Å². The Morgan fingerprint density at radius 2 is 1.06 bits per heavy atom. The summed E-state index contributed by atoms with van der Waals surface area (Å²) in [6.07, 6.45) is 1.90. The lowest BCUT2D eigenvalue weighted by molar-refractivity contribution is 0.218. The minimum Gasteiger partial charge on any atom is -0.496 e. The van der Waals surface area contributed by atoms with E-state index >= 15 is 0 Å². The third-order valence-electron chi connectivity index (χ3n) is 5.19. The van der Waals surface area contributed by atoms with Crippen molar-refractivity contribution in [2.75, 3.05) is 34.6 Å². The van der Waals surface area contributed by atoms with Gasteiger partial charge in [0.2, 0.25) is 0 Å². The quantitative estimate of drug-likeness (QED) is 0.294. The van der Waals surface area contributed by atoms with Gasteiger partial charge in [-0.25, -0.2) is 0 Å². The van der Waals surface area contributed by atoms with Crippen LogP contribution in [0.4, 0.5) is 0 Å². The molecule has 0 radical (unpaired) electrons. The molecule has 0 spiro atoms. The predicted molar refractivity (Wildman–Crippen MR) is 134 cm³/mol. The summed E-state index contributed by atoms with van der Waals surface area (Å²) in [6.45, 7) is 9.70. The number of hydrogen-bond acceptors (Lipinski definition) is 6. The first-order chi connectivity index (χ1) is 15.7. The molecule has 0 aliphatic carbocycles. The number of methoxy groups -OCH3 is 4. The molecule has 184 valence electrons. The van der Waals surface area contributed by atoms with Crippen molar-refractivity contribution in [3.8, 4) is 23.0 Å². The molecule has 0 aliphatic rings. The molecule has 7 heteroatoms. The van der Waals surface area contributed by atoms with E-state index in [1.54, 1.807) is 28.4 Å². The zero-order chi connectivity index (χ0) is 24.4. The smallest absolute Gasteiger partial charge is 0.171 e. The molecule has 0 amide bonds. The van der Waals surface area contributed by atoms with Crippen molar-refractivity contribution >= 4 is 8.38 Å². The van der Waals surface area contributed by atoms with Crippen molar-refractivity contribution in [3.63, 3.8) is 0 Å². The van der Waals surface area contributed by atoms with Crippen molar-refractivity contribution in [3.05, 3.63) is 47.5 Å². The minimum absolute atomic E-state index is 0.234. The Hall–Kier alpha value is -2.01. The highest BCUT2D eigenvalue weighted by Gasteiger charge is 2.23. The monoisotopic (exact) mass is 478 g/mol. The second-order valence-electron chi connectivity index (χ2n) is 9.21. The Kier molecular flexibility index (Phi) is 10.7. The van der Waals surface area contributed by atoms with Gasteiger partial charge in [0.05, 0.1) is 52.8 Å². The molecule has 1 unspecified atom stereocenters. The van der Waals surface area contributed by atoms with Gasteiger partial charge in [0.15, 0.2) is 8.38 Å². The van der Waals surface area contributed by atoms with Crippen LogP contribution in [0.5, 0.6) is 23.0 Å². The van der Waals surface area contributed by atoms with Gasteiger partial charge in [-0.1, -0.05) is 39.8 Å². The van der Waals surface area contributed by atoms with Crippen LogP contribution in [0.1, 0.15) is 45.2 Å². The molecule has 0 saturated heterocycles. The average Bonchev–Trinajstić information content (AvgIpc) is 2.78. The first-order valence-corrected chi connectivity index (χ1v) is 12.5. The SMILES string of the molecule is COc1cccc(OC)c1COP(CC(C)CC(C)(C)C)OCc1c(OC)cccc1OC. The van der Waals surface area contributed by atoms with Crippen LogP contribution in [0.25, 0.3) is 0 Å². The second kappa shape index (κ2) is 13.0. The van der Waals surface area contributed by atoms with E-state index in [1.807, 2.05) is 36.4 Å². The second-order valence-corrected chi connectivity index (χ2v) is 10.8. The van der Waals surface area contributed by atoms with Crippen LogP contribution in [-0.2, 0) is 22.3 Å². The summed E-state index contributed by atoms with van der Waals surface area (Å²) >= 11 is 0. The van der Waals surface area contributed by atoms with Gasteiger partial charge in [-0.2, -0.15) is 0 Å². The van der Waals surface area contributed by atoms with Crippen molar-refractivity contribution in [2.45, 2.75) is 47.3 Å². The molecule has 0 heterocycles. The van der Waals surface area contributed by atoms with E-state index in [2.05, 4.69) is 27.7 Å². The average molecular weight is 479 g/mol. The number of hydrogen-bond donors (Lipinski definition) is 0. The van der Waals surface area contributed by atoms with Gasteiger partial charge in [0.1, 0.15) is 23.0 Å². The fourth-order valence-electron chi connectivity index (χ4n) is 3.92. The third kappa shape index (κ3) is 8.37. The van der Waals surface area contributed by atoms with Gasteiger partial charge < -0.3 is 28.0 Å². The van der Waals surface area contributed by atoms with Crippen molar-refractivity contribution in [1.29, 1.82) is 0 Å². The highest BCUT2D eigenvalue weighted by atomic mass is 31.2. The van der Waals surface area contributed by atoms with Crippen LogP contribution in [0.2, 0.25) is 0 Å². The lowest BCUT2D eigenvalue weighted by atomic mass is 9.86. The molecule has 2 aromatic carbocycles. The molecule has 1 atom stereocenters. The van der Waals surface area contributed by atoms with Crippen molar-refractivity contribution in [2.24, 2.45) is 11.3 Å². The van der Waals surface area contributed by atoms with Gasteiger partial charge in [0.25, 0.3) is 0 Å². The van der Waals surface area contributed by atoms with Crippen LogP contribution in [-0.4, -0.2) is 34.6 Å². The van der Waals surface area contributed by atoms with Gasteiger partial charge in [0, 0.05) is 6.16 Å². The molecular formula is C26H39O6P. The molecule has 2 rings (SSSR count). The largest absolute Gasteiger partial charge is 0.496 e. The summed E-state index contributed by atoms with van der Waals surface area (Å²) < 4.78 is 34.9. The maximum absolute atomic E-state index is 6.37. The molecule has 0 saturated carbocycles. The maximum Gasteiger partial charge on any atom is 0.171 e. The summed E-state index contributed by atoms with van der Waals surface area (Å²) in [5.41, 5.74) is 1.98. The summed E-state index contributed by atoms with van der Waals surface area (Å²) in [6, 6.07) is 11.4. The Labute approximate surface area is 200 Å². The molecule has 0 aromatic heterocycles. The van der Waals surface area contributed by atoms with Crippen LogP contribution in [0.3, 0.4) is 0 Å². The molecule has 6 nitrogen and oxygen atoms in total. The van der Waals surface area contributed by atoms with Crippen LogP contribution >= 0.6 is 8.38 Å². The van der Waals surface area contributed by atoms with E-state index in [0.29, 0.717) is 19.1 Å². The van der Waals surface area contributed by atoms with Crippen LogP contribution in [0.15, 0.2) is 36.4 Å². The van der Waals surface area contributed by atoms with Crippen LogP contribution in [0, 0.1) is 11.3 Å². The predicted octanol–water partition coefficient (Wildman–Crippen LogP) is 6.84. The normalized spacial score (nSPS) is 12.5. The molecule has 2 aromatic rings. The summed E-state index contributed by atoms with van der Waals surface area (Å²) in [5, 5.41) is 0. The Balaban J connectivity index is 2.21. The summed E-state index contributed by atoms with van der Waals surface area (Å²) in [5.74, 6) is 3.38. The fourth-order valence-corrected chi connectivity index (χ4v) is 5.39. The third-order valence-corrected chi connectivity index (χ3v) is 6.94. The van der Waals surface area contributed by atoms with Gasteiger partial charge >= 0.3 is 0 Å². The first kappa shape index (κ1) is 27.2. The molecule has 0 aliphatic heterocycles. The number of rotatable bonds is 13. The highest BCUT2D eigenvalue weighted by Crippen LogP contribution is 2.46. The summed E-state index contributed by atoms with van der Waals surface area (Å²) in [4.78, 5) is 0. The van der Waals surface area contributed by atoms with Gasteiger partial charge in [-0.15, -0.1) is 0 Å². The molecule has 0 fully saturated rings. The standard InChI is InChI=1S/C26H39O6P/c1-19(15-26(2,3)4)18-33(31-16-20-22(27-5)11-9-12-23(20)28-6)32-17-21-24(29-7)13-10-14-25(21)30-8/h9-14,19H,15-18H2,1-8H3. The van der Waals surface area contributed by atoms with E-state index < -0.39 is 8.38 Å². The van der Waals surface area contributed by atoms with E-state index in [0.717, 1.165) is 46.7 Å². The minimum atomic E-state index is -1.19. The van der Waals surface area contributed by atoms with Gasteiger partial charge in [-0.05, 0) is 42.0 Å². The zero-order valence-corrected chi connectivity index (χ0v) is 22.2. The van der Waals surface area contributed by atoms with Crippen molar-refractivity contribution in [1.82, 2.24) is 0 Å². The number of benzene rings is 2. The molecule has 33 heavy (non-hydrogen) atoms. The van der Waals surface area contributed by atoms with E-state index in [4.69, 9.17) is 28.0 Å². The van der Waals surface area contributed by atoms with Gasteiger partial charge in [-0.3, -0.25) is 0 Å². The van der Waals surface area contributed by atoms with E-state index in [1.165, 1.54) is 0 Å². The zero-order valence-electron chi connectivity index (χ0n) is 21.3. The topological polar surface area (TPSA) is 55.4 Å². The summed E-state index contributed by atoms with van der Waals surface area (Å²) in [7, 11) is 5.41. The fraction of sp³-hybridized carbons (Fsp3) is 0.538. The number of ether oxygens (including phenoxy) is 4. The first-order valence-electron chi connectivity index (χ1n) is 11.2. The molecular weight excluding hydrogens is 439 g/mol. The Bertz CT molecular complexity index is 760. The van der Waals surface area contributed by atoms with E-state index in [-0.39, 0.29) is 5.41 Å². The molecule has 0 bridgehead atoms. The highest BCUT2D eigenvalue weighted by molar-refractivity contribution is 7.47. The van der Waals surface area contributed by atoms with Crippen molar-refractivity contribution < 1.29 is 28.0 Å².